The third kappa shape index (κ3) is 4.63. The van der Waals surface area contributed by atoms with Gasteiger partial charge < -0.3 is 15.4 Å². The van der Waals surface area contributed by atoms with Crippen molar-refractivity contribution in [2.45, 2.75) is 20.3 Å². The molecular formula is C18H21ClN2O2. The van der Waals surface area contributed by atoms with Crippen molar-refractivity contribution in [3.8, 4) is 5.75 Å². The first-order valence-corrected chi connectivity index (χ1v) is 7.82. The lowest BCUT2D eigenvalue weighted by atomic mass is 10.1. The molecular weight excluding hydrogens is 312 g/mol. The van der Waals surface area contributed by atoms with Crippen LogP contribution >= 0.6 is 11.6 Å². The Balaban J connectivity index is 1.86. The van der Waals surface area contributed by atoms with Gasteiger partial charge in [0, 0.05) is 24.3 Å². The number of benzene rings is 2. The normalized spacial score (nSPS) is 10.3. The molecule has 2 N–H and O–H groups in total. The molecule has 2 aromatic carbocycles. The van der Waals surface area contributed by atoms with E-state index in [2.05, 4.69) is 10.6 Å². The van der Waals surface area contributed by atoms with E-state index in [0.29, 0.717) is 23.7 Å². The second-order valence-corrected chi connectivity index (χ2v) is 5.75. The van der Waals surface area contributed by atoms with E-state index in [0.717, 1.165) is 22.5 Å². The van der Waals surface area contributed by atoms with Crippen LogP contribution in [-0.2, 0) is 4.79 Å². The van der Waals surface area contributed by atoms with Crippen LogP contribution in [0.3, 0.4) is 0 Å². The smallest absolute Gasteiger partial charge is 0.226 e. The molecule has 0 saturated heterocycles. The Kier molecular flexibility index (Phi) is 5.88. The fraction of sp³-hybridized carbons (Fsp3) is 0.278. The van der Waals surface area contributed by atoms with E-state index in [-0.39, 0.29) is 5.91 Å². The van der Waals surface area contributed by atoms with Crippen LogP contribution in [0.2, 0.25) is 5.02 Å². The van der Waals surface area contributed by atoms with Gasteiger partial charge in [-0.15, -0.1) is 0 Å². The van der Waals surface area contributed by atoms with Crippen LogP contribution in [0.5, 0.6) is 5.75 Å². The molecule has 0 radical (unpaired) electrons. The van der Waals surface area contributed by atoms with Gasteiger partial charge >= 0.3 is 0 Å². The Morgan fingerprint density at radius 2 is 1.87 bits per heavy atom. The van der Waals surface area contributed by atoms with Crippen molar-refractivity contribution in [3.63, 3.8) is 0 Å². The van der Waals surface area contributed by atoms with Crippen LogP contribution in [0.15, 0.2) is 36.4 Å². The van der Waals surface area contributed by atoms with Crippen LogP contribution in [0.1, 0.15) is 17.5 Å². The number of carbonyl (C=O) groups excluding carboxylic acids is 1. The zero-order valence-electron chi connectivity index (χ0n) is 13.6. The first-order chi connectivity index (χ1) is 11.0. The zero-order chi connectivity index (χ0) is 16.8. The number of nitrogens with one attached hydrogen (secondary N) is 2. The van der Waals surface area contributed by atoms with E-state index < -0.39 is 0 Å². The van der Waals surface area contributed by atoms with Crippen molar-refractivity contribution in [2.75, 3.05) is 24.3 Å². The van der Waals surface area contributed by atoms with Crippen molar-refractivity contribution in [1.82, 2.24) is 0 Å². The standard InChI is InChI=1S/C18H21ClN2O2/c1-12-5-4-6-13(2)18(12)21-17(22)9-10-20-14-7-8-16(23-3)15(19)11-14/h4-8,11,20H,9-10H2,1-3H3,(H,21,22). The average Bonchev–Trinajstić information content (AvgIpc) is 2.51. The fourth-order valence-corrected chi connectivity index (χ4v) is 2.57. The average molecular weight is 333 g/mol. The Morgan fingerprint density at radius 3 is 2.48 bits per heavy atom. The summed E-state index contributed by atoms with van der Waals surface area (Å²) in [5, 5.41) is 6.69. The first-order valence-electron chi connectivity index (χ1n) is 7.44. The van der Waals surface area contributed by atoms with Gasteiger partial charge in [-0.1, -0.05) is 29.8 Å². The number of ether oxygens (including phenoxy) is 1. The molecule has 23 heavy (non-hydrogen) atoms. The molecule has 0 aliphatic heterocycles. The molecule has 4 nitrogen and oxygen atoms in total. The lowest BCUT2D eigenvalue weighted by Gasteiger charge is -2.12. The summed E-state index contributed by atoms with van der Waals surface area (Å²) in [6.07, 6.45) is 0.372. The van der Waals surface area contributed by atoms with Gasteiger partial charge in [0.05, 0.1) is 12.1 Å². The summed E-state index contributed by atoms with van der Waals surface area (Å²) < 4.78 is 5.11. The number of methoxy groups -OCH3 is 1. The Hall–Kier alpha value is -2.20. The number of carbonyl (C=O) groups is 1. The van der Waals surface area contributed by atoms with Gasteiger partial charge in [-0.3, -0.25) is 4.79 Å². The minimum Gasteiger partial charge on any atom is -0.495 e. The number of amides is 1. The summed E-state index contributed by atoms with van der Waals surface area (Å²) in [6.45, 7) is 4.50. The Labute approximate surface area is 141 Å². The van der Waals surface area contributed by atoms with E-state index in [9.17, 15) is 4.79 Å². The Morgan fingerprint density at radius 1 is 1.17 bits per heavy atom. The number of hydrogen-bond acceptors (Lipinski definition) is 3. The van der Waals surface area contributed by atoms with Crippen LogP contribution in [0.25, 0.3) is 0 Å². The molecule has 1 amide bonds. The van der Waals surface area contributed by atoms with Gasteiger partial charge in [0.1, 0.15) is 5.75 Å². The van der Waals surface area contributed by atoms with E-state index in [1.165, 1.54) is 0 Å². The molecule has 0 aliphatic carbocycles. The molecule has 0 bridgehead atoms. The lowest BCUT2D eigenvalue weighted by Crippen LogP contribution is -2.17. The second kappa shape index (κ2) is 7.88. The van der Waals surface area contributed by atoms with Gasteiger partial charge in [0.15, 0.2) is 0 Å². The molecule has 122 valence electrons. The number of para-hydroxylation sites is 1. The number of rotatable bonds is 6. The summed E-state index contributed by atoms with van der Waals surface area (Å²) in [5.74, 6) is 0.611. The summed E-state index contributed by atoms with van der Waals surface area (Å²) in [4.78, 5) is 12.1. The highest BCUT2D eigenvalue weighted by Gasteiger charge is 2.07. The highest BCUT2D eigenvalue weighted by molar-refractivity contribution is 6.32. The number of aryl methyl sites for hydroxylation is 2. The van der Waals surface area contributed by atoms with Gasteiger partial charge in [-0.25, -0.2) is 0 Å². The van der Waals surface area contributed by atoms with E-state index >= 15 is 0 Å². The maximum Gasteiger partial charge on any atom is 0.226 e. The fourth-order valence-electron chi connectivity index (χ4n) is 2.31. The highest BCUT2D eigenvalue weighted by atomic mass is 35.5. The summed E-state index contributed by atoms with van der Waals surface area (Å²) in [5.41, 5.74) is 3.88. The molecule has 0 aromatic heterocycles. The largest absolute Gasteiger partial charge is 0.495 e. The summed E-state index contributed by atoms with van der Waals surface area (Å²) in [7, 11) is 1.58. The van der Waals surface area contributed by atoms with E-state index in [1.807, 2.05) is 38.1 Å². The predicted octanol–water partition coefficient (Wildman–Crippen LogP) is 4.41. The molecule has 0 heterocycles. The predicted molar refractivity (Wildman–Crippen MR) is 95.7 cm³/mol. The van der Waals surface area contributed by atoms with Crippen LogP contribution in [0.4, 0.5) is 11.4 Å². The third-order valence-electron chi connectivity index (χ3n) is 3.58. The maximum absolute atomic E-state index is 12.1. The van der Waals surface area contributed by atoms with Crippen molar-refractivity contribution < 1.29 is 9.53 Å². The molecule has 0 fully saturated rings. The summed E-state index contributed by atoms with van der Waals surface area (Å²) in [6, 6.07) is 11.4. The van der Waals surface area contributed by atoms with E-state index in [4.69, 9.17) is 16.3 Å². The van der Waals surface area contributed by atoms with Crippen molar-refractivity contribution in [3.05, 3.63) is 52.5 Å². The molecule has 0 spiro atoms. The van der Waals surface area contributed by atoms with Gasteiger partial charge in [-0.2, -0.15) is 0 Å². The van der Waals surface area contributed by atoms with Crippen molar-refractivity contribution >= 4 is 28.9 Å². The topological polar surface area (TPSA) is 50.4 Å². The number of hydrogen-bond donors (Lipinski definition) is 2. The second-order valence-electron chi connectivity index (χ2n) is 5.34. The third-order valence-corrected chi connectivity index (χ3v) is 3.87. The van der Waals surface area contributed by atoms with Crippen LogP contribution < -0.4 is 15.4 Å². The lowest BCUT2D eigenvalue weighted by molar-refractivity contribution is -0.115. The summed E-state index contributed by atoms with van der Waals surface area (Å²) >= 11 is 6.07. The quantitative estimate of drug-likeness (QED) is 0.824. The van der Waals surface area contributed by atoms with Crippen LogP contribution in [0, 0.1) is 13.8 Å². The highest BCUT2D eigenvalue weighted by Crippen LogP contribution is 2.27. The monoisotopic (exact) mass is 332 g/mol. The molecule has 2 aromatic rings. The molecule has 0 atom stereocenters. The molecule has 5 heteroatoms. The minimum atomic E-state index is -0.0190. The minimum absolute atomic E-state index is 0.0190. The zero-order valence-corrected chi connectivity index (χ0v) is 14.3. The molecule has 0 aliphatic rings. The van der Waals surface area contributed by atoms with E-state index in [1.54, 1.807) is 19.2 Å². The molecule has 2 rings (SSSR count). The Bertz CT molecular complexity index is 681. The SMILES string of the molecule is COc1ccc(NCCC(=O)Nc2c(C)cccc2C)cc1Cl. The molecule has 0 saturated carbocycles. The van der Waals surface area contributed by atoms with Crippen molar-refractivity contribution in [2.24, 2.45) is 0 Å². The van der Waals surface area contributed by atoms with Crippen molar-refractivity contribution in [1.29, 1.82) is 0 Å². The van der Waals surface area contributed by atoms with Gasteiger partial charge in [0.25, 0.3) is 0 Å². The maximum atomic E-state index is 12.1. The number of halogens is 1. The van der Waals surface area contributed by atoms with Gasteiger partial charge in [-0.05, 0) is 43.2 Å². The number of anilines is 2. The van der Waals surface area contributed by atoms with Crippen LogP contribution in [-0.4, -0.2) is 19.6 Å². The molecule has 0 unspecified atom stereocenters. The van der Waals surface area contributed by atoms with Gasteiger partial charge in [0.2, 0.25) is 5.91 Å². The first kappa shape index (κ1) is 17.2.